The van der Waals surface area contributed by atoms with E-state index in [4.69, 9.17) is 0 Å². The molecule has 1 unspecified atom stereocenters. The van der Waals surface area contributed by atoms with Gasteiger partial charge in [-0.15, -0.1) is 0 Å². The number of aromatic nitrogens is 1. The van der Waals surface area contributed by atoms with E-state index in [2.05, 4.69) is 15.6 Å². The maximum atomic E-state index is 11.9. The van der Waals surface area contributed by atoms with Crippen LogP contribution >= 0.6 is 0 Å². The van der Waals surface area contributed by atoms with Gasteiger partial charge in [0, 0.05) is 18.8 Å². The third-order valence-corrected chi connectivity index (χ3v) is 3.39. The molecule has 1 aliphatic rings. The molecular formula is C13H19N3O3. The molecule has 19 heavy (non-hydrogen) atoms. The molecule has 2 heterocycles. The van der Waals surface area contributed by atoms with E-state index < -0.39 is 5.60 Å². The summed E-state index contributed by atoms with van der Waals surface area (Å²) in [5, 5.41) is 16.3. The van der Waals surface area contributed by atoms with Gasteiger partial charge in [0.1, 0.15) is 0 Å². The fourth-order valence-electron chi connectivity index (χ4n) is 2.19. The van der Waals surface area contributed by atoms with Crippen LogP contribution in [0.1, 0.15) is 29.6 Å². The number of H-pyrrole nitrogens is 1. The summed E-state index contributed by atoms with van der Waals surface area (Å²) in [6, 6.07) is 2.77. The number of aromatic amines is 1. The number of hydrogen-bond acceptors (Lipinski definition) is 4. The summed E-state index contributed by atoms with van der Waals surface area (Å²) in [5.41, 5.74) is -0.707. The lowest BCUT2D eigenvalue weighted by Gasteiger charge is -2.26. The Bertz CT molecular complexity index is 470. The number of amides is 1. The Hall–Kier alpha value is -1.66. The van der Waals surface area contributed by atoms with Gasteiger partial charge >= 0.3 is 0 Å². The molecule has 1 saturated heterocycles. The van der Waals surface area contributed by atoms with E-state index in [1.807, 2.05) is 0 Å². The highest BCUT2D eigenvalue weighted by Crippen LogP contribution is 2.18. The van der Waals surface area contributed by atoms with Crippen molar-refractivity contribution in [2.45, 2.75) is 24.9 Å². The van der Waals surface area contributed by atoms with Crippen LogP contribution in [0.3, 0.4) is 0 Å². The van der Waals surface area contributed by atoms with Crippen molar-refractivity contribution in [1.29, 1.82) is 0 Å². The third kappa shape index (κ3) is 3.90. The average Bonchev–Trinajstić information content (AvgIpc) is 2.62. The minimum atomic E-state index is -0.846. The van der Waals surface area contributed by atoms with Gasteiger partial charge in [-0.1, -0.05) is 0 Å². The predicted octanol–water partition coefficient (Wildman–Crippen LogP) is -0.391. The zero-order chi connectivity index (χ0) is 13.7. The van der Waals surface area contributed by atoms with Crippen molar-refractivity contribution in [2.75, 3.05) is 19.6 Å². The van der Waals surface area contributed by atoms with Crippen molar-refractivity contribution < 1.29 is 9.90 Å². The second kappa shape index (κ2) is 5.99. The molecule has 0 spiro atoms. The van der Waals surface area contributed by atoms with Gasteiger partial charge in [-0.25, -0.2) is 0 Å². The number of carbonyl (C=O) groups is 1. The molecule has 0 radical (unpaired) electrons. The van der Waals surface area contributed by atoms with Gasteiger partial charge in [0.05, 0.1) is 11.2 Å². The van der Waals surface area contributed by atoms with Gasteiger partial charge in [-0.05, 0) is 38.4 Å². The molecular weight excluding hydrogens is 246 g/mol. The standard InChI is InChI=1S/C13H19N3O3/c17-11-3-2-10(8-15-11)12(18)16-9-13(19)4-1-6-14-7-5-13/h2-3,8,14,19H,1,4-7,9H2,(H,15,17)(H,16,18). The number of pyridine rings is 1. The molecule has 104 valence electrons. The quantitative estimate of drug-likeness (QED) is 0.598. The van der Waals surface area contributed by atoms with Crippen molar-refractivity contribution in [3.8, 4) is 0 Å². The summed E-state index contributed by atoms with van der Waals surface area (Å²) in [6.07, 6.45) is 3.56. The van der Waals surface area contributed by atoms with E-state index in [9.17, 15) is 14.7 Å². The molecule has 6 heteroatoms. The molecule has 1 aromatic heterocycles. The molecule has 1 amide bonds. The molecule has 1 aromatic rings. The first-order valence-electron chi connectivity index (χ1n) is 6.49. The summed E-state index contributed by atoms with van der Waals surface area (Å²) >= 11 is 0. The van der Waals surface area contributed by atoms with Gasteiger partial charge in [0.25, 0.3) is 5.91 Å². The van der Waals surface area contributed by atoms with Gasteiger partial charge in [0.15, 0.2) is 0 Å². The number of rotatable bonds is 3. The van der Waals surface area contributed by atoms with E-state index in [0.29, 0.717) is 18.4 Å². The number of aliphatic hydroxyl groups is 1. The van der Waals surface area contributed by atoms with E-state index in [-0.39, 0.29) is 18.0 Å². The topological polar surface area (TPSA) is 94.2 Å². The van der Waals surface area contributed by atoms with E-state index in [0.717, 1.165) is 19.5 Å². The van der Waals surface area contributed by atoms with Crippen LogP contribution in [0.4, 0.5) is 0 Å². The molecule has 0 aliphatic carbocycles. The lowest BCUT2D eigenvalue weighted by Crippen LogP contribution is -2.43. The SMILES string of the molecule is O=C(NCC1(O)CCCNCC1)c1ccc(=O)[nH]c1. The summed E-state index contributed by atoms with van der Waals surface area (Å²) in [7, 11) is 0. The van der Waals surface area contributed by atoms with Crippen molar-refractivity contribution in [3.05, 3.63) is 34.2 Å². The monoisotopic (exact) mass is 265 g/mol. The lowest BCUT2D eigenvalue weighted by atomic mass is 9.95. The fourth-order valence-corrected chi connectivity index (χ4v) is 2.19. The number of hydrogen-bond donors (Lipinski definition) is 4. The highest BCUT2D eigenvalue weighted by Gasteiger charge is 2.28. The van der Waals surface area contributed by atoms with E-state index in [1.165, 1.54) is 18.3 Å². The van der Waals surface area contributed by atoms with Crippen LogP contribution < -0.4 is 16.2 Å². The van der Waals surface area contributed by atoms with Crippen LogP contribution in [0.25, 0.3) is 0 Å². The Balaban J connectivity index is 1.92. The Labute approximate surface area is 111 Å². The van der Waals surface area contributed by atoms with Crippen molar-refractivity contribution in [2.24, 2.45) is 0 Å². The van der Waals surface area contributed by atoms with Crippen LogP contribution in [0, 0.1) is 0 Å². The van der Waals surface area contributed by atoms with Gasteiger partial charge in [0.2, 0.25) is 5.56 Å². The Kier molecular flexibility index (Phi) is 4.34. The summed E-state index contributed by atoms with van der Waals surface area (Å²) in [5.74, 6) is -0.290. The van der Waals surface area contributed by atoms with Crippen molar-refractivity contribution in [3.63, 3.8) is 0 Å². The molecule has 6 nitrogen and oxygen atoms in total. The summed E-state index contributed by atoms with van der Waals surface area (Å²) in [6.45, 7) is 1.88. The minimum absolute atomic E-state index is 0.229. The molecule has 0 aromatic carbocycles. The first-order valence-corrected chi connectivity index (χ1v) is 6.49. The zero-order valence-electron chi connectivity index (χ0n) is 10.7. The third-order valence-electron chi connectivity index (χ3n) is 3.39. The smallest absolute Gasteiger partial charge is 0.252 e. The maximum Gasteiger partial charge on any atom is 0.252 e. The molecule has 4 N–H and O–H groups in total. The molecule has 1 fully saturated rings. The van der Waals surface area contributed by atoms with E-state index >= 15 is 0 Å². The van der Waals surface area contributed by atoms with Gasteiger partial charge in [-0.2, -0.15) is 0 Å². The van der Waals surface area contributed by atoms with Crippen molar-refractivity contribution in [1.82, 2.24) is 15.6 Å². The fraction of sp³-hybridized carbons (Fsp3) is 0.538. The summed E-state index contributed by atoms with van der Waals surface area (Å²) in [4.78, 5) is 25.2. The second-order valence-corrected chi connectivity index (χ2v) is 4.95. The van der Waals surface area contributed by atoms with Gasteiger partial charge in [-0.3, -0.25) is 9.59 Å². The van der Waals surface area contributed by atoms with Crippen LogP contribution in [-0.2, 0) is 0 Å². The first kappa shape index (κ1) is 13.8. The zero-order valence-corrected chi connectivity index (χ0v) is 10.7. The highest BCUT2D eigenvalue weighted by molar-refractivity contribution is 5.93. The van der Waals surface area contributed by atoms with Crippen molar-refractivity contribution >= 4 is 5.91 Å². The maximum absolute atomic E-state index is 11.9. The molecule has 0 bridgehead atoms. The number of carbonyl (C=O) groups excluding carboxylic acids is 1. The van der Waals surface area contributed by atoms with Crippen LogP contribution in [0.2, 0.25) is 0 Å². The van der Waals surface area contributed by atoms with Gasteiger partial charge < -0.3 is 20.7 Å². The van der Waals surface area contributed by atoms with Crippen LogP contribution in [0.15, 0.2) is 23.1 Å². The molecule has 0 saturated carbocycles. The summed E-state index contributed by atoms with van der Waals surface area (Å²) < 4.78 is 0. The number of nitrogens with one attached hydrogen (secondary N) is 3. The average molecular weight is 265 g/mol. The molecule has 2 rings (SSSR count). The predicted molar refractivity (Wildman–Crippen MR) is 71.1 cm³/mol. The Morgan fingerprint density at radius 3 is 2.95 bits per heavy atom. The Morgan fingerprint density at radius 2 is 2.21 bits per heavy atom. The Morgan fingerprint density at radius 1 is 1.37 bits per heavy atom. The second-order valence-electron chi connectivity index (χ2n) is 4.95. The van der Waals surface area contributed by atoms with E-state index in [1.54, 1.807) is 0 Å². The normalized spacial score (nSPS) is 23.6. The lowest BCUT2D eigenvalue weighted by molar-refractivity contribution is 0.0276. The highest BCUT2D eigenvalue weighted by atomic mass is 16.3. The largest absolute Gasteiger partial charge is 0.388 e. The molecule has 1 atom stereocenters. The minimum Gasteiger partial charge on any atom is -0.388 e. The van der Waals surface area contributed by atoms with Crippen LogP contribution in [-0.4, -0.2) is 41.2 Å². The first-order chi connectivity index (χ1) is 9.09. The van der Waals surface area contributed by atoms with Crippen LogP contribution in [0.5, 0.6) is 0 Å². The molecule has 1 aliphatic heterocycles.